The number of esters is 1. The molecule has 5 heteroatoms. The van der Waals surface area contributed by atoms with Crippen LogP contribution in [0.3, 0.4) is 0 Å². The minimum Gasteiger partial charge on any atom is -0.481 e. The third-order valence-corrected chi connectivity index (χ3v) is 3.85. The van der Waals surface area contributed by atoms with Gasteiger partial charge >= 0.3 is 11.9 Å². The normalized spacial score (nSPS) is 22.8. The first kappa shape index (κ1) is 18.0. The Morgan fingerprint density at radius 3 is 2.24 bits per heavy atom. The molecule has 0 unspecified atom stereocenters. The van der Waals surface area contributed by atoms with Gasteiger partial charge in [-0.15, -0.1) is 0 Å². The van der Waals surface area contributed by atoms with E-state index in [-0.39, 0.29) is 12.5 Å². The second kappa shape index (κ2) is 8.37. The smallest absolute Gasteiger partial charge is 0.320 e. The number of ether oxygens (including phenoxy) is 1. The van der Waals surface area contributed by atoms with E-state index in [1.54, 1.807) is 0 Å². The van der Waals surface area contributed by atoms with Gasteiger partial charge in [-0.1, -0.05) is 12.8 Å². The van der Waals surface area contributed by atoms with Crippen molar-refractivity contribution >= 4 is 11.9 Å². The molecule has 0 aromatic carbocycles. The molecule has 0 aliphatic heterocycles. The van der Waals surface area contributed by atoms with Gasteiger partial charge in [0.25, 0.3) is 0 Å². The van der Waals surface area contributed by atoms with Crippen molar-refractivity contribution < 1.29 is 19.4 Å². The van der Waals surface area contributed by atoms with Crippen molar-refractivity contribution in [1.82, 2.24) is 5.32 Å². The summed E-state index contributed by atoms with van der Waals surface area (Å²) in [4.78, 5) is 22.2. The van der Waals surface area contributed by atoms with Gasteiger partial charge in [0.2, 0.25) is 0 Å². The summed E-state index contributed by atoms with van der Waals surface area (Å²) < 4.78 is 5.22. The van der Waals surface area contributed by atoms with Crippen molar-refractivity contribution in [3.63, 3.8) is 0 Å². The van der Waals surface area contributed by atoms with E-state index in [4.69, 9.17) is 9.84 Å². The van der Waals surface area contributed by atoms with Gasteiger partial charge in [-0.2, -0.15) is 0 Å². The molecule has 2 N–H and O–H groups in total. The lowest BCUT2D eigenvalue weighted by Crippen LogP contribution is -2.32. The molecule has 0 heterocycles. The minimum absolute atomic E-state index is 0.215. The van der Waals surface area contributed by atoms with Gasteiger partial charge in [-0.3, -0.25) is 9.59 Å². The third kappa shape index (κ3) is 8.71. The van der Waals surface area contributed by atoms with Gasteiger partial charge in [-0.05, 0) is 58.4 Å². The molecule has 122 valence electrons. The van der Waals surface area contributed by atoms with E-state index in [1.807, 2.05) is 20.8 Å². The fourth-order valence-electron chi connectivity index (χ4n) is 2.85. The van der Waals surface area contributed by atoms with E-state index in [9.17, 15) is 9.59 Å². The maximum Gasteiger partial charge on any atom is 0.320 e. The average molecular weight is 299 g/mol. The van der Waals surface area contributed by atoms with Crippen LogP contribution in [-0.2, 0) is 14.3 Å². The van der Waals surface area contributed by atoms with Crippen LogP contribution in [-0.4, -0.2) is 35.7 Å². The number of carboxylic acids is 1. The van der Waals surface area contributed by atoms with E-state index < -0.39 is 11.6 Å². The Labute approximate surface area is 127 Å². The highest BCUT2D eigenvalue weighted by atomic mass is 16.6. The van der Waals surface area contributed by atoms with Gasteiger partial charge in [0, 0.05) is 6.42 Å². The lowest BCUT2D eigenvalue weighted by molar-refractivity contribution is -0.153. The molecule has 0 atom stereocenters. The topological polar surface area (TPSA) is 75.6 Å². The van der Waals surface area contributed by atoms with Crippen LogP contribution in [0.1, 0.15) is 59.3 Å². The molecular weight excluding hydrogens is 270 g/mol. The summed E-state index contributed by atoms with van der Waals surface area (Å²) in [5.74, 6) is 0.111. The molecule has 0 saturated heterocycles. The molecule has 1 fully saturated rings. The number of carbonyl (C=O) groups is 2. The highest BCUT2D eigenvalue weighted by Crippen LogP contribution is 2.32. The van der Waals surface area contributed by atoms with Gasteiger partial charge < -0.3 is 15.2 Å². The Morgan fingerprint density at radius 2 is 1.71 bits per heavy atom. The summed E-state index contributed by atoms with van der Waals surface area (Å²) in [7, 11) is 0. The molecular formula is C16H29NO4. The summed E-state index contributed by atoms with van der Waals surface area (Å²) in [5.41, 5.74) is -0.429. The highest BCUT2D eigenvalue weighted by molar-refractivity contribution is 5.72. The van der Waals surface area contributed by atoms with Crippen LogP contribution in [0, 0.1) is 11.8 Å². The Hall–Kier alpha value is -1.10. The van der Waals surface area contributed by atoms with Gasteiger partial charge in [0.05, 0.1) is 6.54 Å². The lowest BCUT2D eigenvalue weighted by Gasteiger charge is -2.27. The van der Waals surface area contributed by atoms with E-state index in [0.29, 0.717) is 18.3 Å². The zero-order chi connectivity index (χ0) is 15.9. The van der Waals surface area contributed by atoms with Crippen LogP contribution < -0.4 is 5.32 Å². The Kier molecular flexibility index (Phi) is 7.15. The van der Waals surface area contributed by atoms with Gasteiger partial charge in [0.15, 0.2) is 0 Å². The van der Waals surface area contributed by atoms with Crippen LogP contribution in [0.15, 0.2) is 0 Å². The number of hydrogen-bond donors (Lipinski definition) is 2. The van der Waals surface area contributed by atoms with Gasteiger partial charge in [-0.25, -0.2) is 0 Å². The van der Waals surface area contributed by atoms with Gasteiger partial charge in [0.1, 0.15) is 5.60 Å². The van der Waals surface area contributed by atoms with Crippen molar-refractivity contribution in [1.29, 1.82) is 0 Å². The SMILES string of the molecule is CC(C)(C)OC(=O)CNCCC1CCC(CC(=O)O)CC1. The summed E-state index contributed by atoms with van der Waals surface area (Å²) >= 11 is 0. The first-order valence-electron chi connectivity index (χ1n) is 7.90. The number of carboxylic acid groups (broad SMARTS) is 1. The van der Waals surface area contributed by atoms with Crippen molar-refractivity contribution in [2.24, 2.45) is 11.8 Å². The number of hydrogen-bond acceptors (Lipinski definition) is 4. The van der Waals surface area contributed by atoms with Crippen molar-refractivity contribution in [2.75, 3.05) is 13.1 Å². The van der Waals surface area contributed by atoms with Crippen LogP contribution in [0.4, 0.5) is 0 Å². The number of carbonyl (C=O) groups excluding carboxylic acids is 1. The molecule has 0 aromatic heterocycles. The summed E-state index contributed by atoms with van der Waals surface area (Å²) in [5, 5.41) is 11.9. The Bertz CT molecular complexity index is 341. The third-order valence-electron chi connectivity index (χ3n) is 3.85. The molecule has 0 amide bonds. The van der Waals surface area contributed by atoms with Crippen LogP contribution >= 0.6 is 0 Å². The van der Waals surface area contributed by atoms with E-state index in [2.05, 4.69) is 5.32 Å². The first-order chi connectivity index (χ1) is 9.76. The molecule has 0 bridgehead atoms. The number of rotatable bonds is 7. The molecule has 21 heavy (non-hydrogen) atoms. The van der Waals surface area contributed by atoms with E-state index >= 15 is 0 Å². The quantitative estimate of drug-likeness (QED) is 0.558. The molecule has 0 spiro atoms. The standard InChI is InChI=1S/C16H29NO4/c1-16(2,3)21-15(20)11-17-9-8-12-4-6-13(7-5-12)10-14(18)19/h12-13,17H,4-11H2,1-3H3,(H,18,19). The number of aliphatic carboxylic acids is 1. The molecule has 1 saturated carbocycles. The average Bonchev–Trinajstić information content (AvgIpc) is 2.34. The molecule has 0 radical (unpaired) electrons. The summed E-state index contributed by atoms with van der Waals surface area (Å²) in [6.45, 7) is 6.65. The van der Waals surface area contributed by atoms with Crippen LogP contribution in [0.2, 0.25) is 0 Å². The maximum absolute atomic E-state index is 11.5. The molecule has 0 aromatic rings. The second-order valence-corrected chi connectivity index (χ2v) is 7.04. The Balaban J connectivity index is 2.07. The minimum atomic E-state index is -0.683. The molecule has 1 rings (SSSR count). The van der Waals surface area contributed by atoms with Crippen molar-refractivity contribution in [3.8, 4) is 0 Å². The first-order valence-corrected chi connectivity index (χ1v) is 7.90. The number of nitrogens with one attached hydrogen (secondary N) is 1. The highest BCUT2D eigenvalue weighted by Gasteiger charge is 2.22. The predicted octanol–water partition coefficient (Wildman–Crippen LogP) is 2.59. The molecule has 1 aliphatic rings. The monoisotopic (exact) mass is 299 g/mol. The van der Waals surface area contributed by atoms with Crippen LogP contribution in [0.25, 0.3) is 0 Å². The molecule has 5 nitrogen and oxygen atoms in total. The lowest BCUT2D eigenvalue weighted by atomic mass is 9.79. The predicted molar refractivity (Wildman–Crippen MR) is 81.0 cm³/mol. The zero-order valence-corrected chi connectivity index (χ0v) is 13.5. The largest absolute Gasteiger partial charge is 0.481 e. The van der Waals surface area contributed by atoms with Crippen molar-refractivity contribution in [3.05, 3.63) is 0 Å². The van der Waals surface area contributed by atoms with E-state index in [0.717, 1.165) is 38.6 Å². The van der Waals surface area contributed by atoms with E-state index in [1.165, 1.54) is 0 Å². The van der Waals surface area contributed by atoms with Crippen molar-refractivity contribution in [2.45, 2.75) is 64.9 Å². The Morgan fingerprint density at radius 1 is 1.14 bits per heavy atom. The molecule has 1 aliphatic carbocycles. The zero-order valence-electron chi connectivity index (χ0n) is 13.5. The fourth-order valence-corrected chi connectivity index (χ4v) is 2.85. The maximum atomic E-state index is 11.5. The second-order valence-electron chi connectivity index (χ2n) is 7.04. The fraction of sp³-hybridized carbons (Fsp3) is 0.875. The summed E-state index contributed by atoms with van der Waals surface area (Å²) in [6, 6.07) is 0. The summed E-state index contributed by atoms with van der Waals surface area (Å²) in [6.07, 6.45) is 5.59. The van der Waals surface area contributed by atoms with Crippen LogP contribution in [0.5, 0.6) is 0 Å².